The standard InChI is InChI=1S/C21H22N2O4/c1-13(24)15-6-10-19(11-7-15)27-14(2)20(25)23-18-5-3-4-16(12-18)21(26)22-17-8-9-17/h3-7,10-12,14,17H,8-9H2,1-2H3,(H,22,26)(H,23,25)/t14-/m1/s1. The third-order valence-corrected chi connectivity index (χ3v) is 4.25. The number of amides is 2. The summed E-state index contributed by atoms with van der Waals surface area (Å²) in [6.07, 6.45) is 1.30. The third kappa shape index (κ3) is 5.17. The fourth-order valence-corrected chi connectivity index (χ4v) is 2.50. The van der Waals surface area contributed by atoms with Crippen LogP contribution in [0.5, 0.6) is 5.75 Å². The van der Waals surface area contributed by atoms with Gasteiger partial charge in [0.2, 0.25) is 0 Å². The number of ketones is 1. The molecule has 2 aromatic carbocycles. The molecule has 0 aliphatic heterocycles. The van der Waals surface area contributed by atoms with Crippen LogP contribution in [0.2, 0.25) is 0 Å². The Morgan fingerprint density at radius 1 is 1.04 bits per heavy atom. The van der Waals surface area contributed by atoms with Crippen LogP contribution in [0, 0.1) is 0 Å². The maximum absolute atomic E-state index is 12.4. The first-order valence-corrected chi connectivity index (χ1v) is 8.92. The summed E-state index contributed by atoms with van der Waals surface area (Å²) in [5.41, 5.74) is 1.62. The summed E-state index contributed by atoms with van der Waals surface area (Å²) in [5, 5.41) is 5.68. The summed E-state index contributed by atoms with van der Waals surface area (Å²) in [4.78, 5) is 35.8. The number of hydrogen-bond acceptors (Lipinski definition) is 4. The predicted octanol–water partition coefficient (Wildman–Crippen LogP) is 3.19. The SMILES string of the molecule is CC(=O)c1ccc(O[C@H](C)C(=O)Nc2cccc(C(=O)NC3CC3)c2)cc1. The van der Waals surface area contributed by atoms with Gasteiger partial charge in [-0.2, -0.15) is 0 Å². The Morgan fingerprint density at radius 2 is 1.74 bits per heavy atom. The molecule has 6 heteroatoms. The second-order valence-electron chi connectivity index (χ2n) is 6.66. The number of carbonyl (C=O) groups is 3. The van der Waals surface area contributed by atoms with Crippen LogP contribution in [0.25, 0.3) is 0 Å². The van der Waals surface area contributed by atoms with Gasteiger partial charge in [-0.05, 0) is 69.2 Å². The van der Waals surface area contributed by atoms with E-state index in [9.17, 15) is 14.4 Å². The number of nitrogens with one attached hydrogen (secondary N) is 2. The zero-order valence-electron chi connectivity index (χ0n) is 15.3. The average Bonchev–Trinajstić information content (AvgIpc) is 3.46. The first-order chi connectivity index (χ1) is 12.9. The summed E-state index contributed by atoms with van der Waals surface area (Å²) >= 11 is 0. The van der Waals surface area contributed by atoms with Crippen LogP contribution in [0.4, 0.5) is 5.69 Å². The minimum absolute atomic E-state index is 0.0297. The van der Waals surface area contributed by atoms with E-state index in [1.807, 2.05) is 0 Å². The first kappa shape index (κ1) is 18.6. The highest BCUT2D eigenvalue weighted by Crippen LogP contribution is 2.20. The average molecular weight is 366 g/mol. The van der Waals surface area contributed by atoms with Crippen molar-refractivity contribution in [1.82, 2.24) is 5.32 Å². The van der Waals surface area contributed by atoms with E-state index in [1.54, 1.807) is 55.5 Å². The van der Waals surface area contributed by atoms with Gasteiger partial charge < -0.3 is 15.4 Å². The van der Waals surface area contributed by atoms with Gasteiger partial charge >= 0.3 is 0 Å². The Hall–Kier alpha value is -3.15. The molecule has 2 aromatic rings. The maximum Gasteiger partial charge on any atom is 0.265 e. The summed E-state index contributed by atoms with van der Waals surface area (Å²) in [6.45, 7) is 3.13. The number of hydrogen-bond donors (Lipinski definition) is 2. The molecule has 1 saturated carbocycles. The molecule has 140 valence electrons. The van der Waals surface area contributed by atoms with Crippen molar-refractivity contribution in [2.75, 3.05) is 5.32 Å². The van der Waals surface area contributed by atoms with E-state index < -0.39 is 6.10 Å². The molecular weight excluding hydrogens is 344 g/mol. The van der Waals surface area contributed by atoms with E-state index in [0.717, 1.165) is 12.8 Å². The molecule has 0 radical (unpaired) electrons. The molecule has 0 aromatic heterocycles. The van der Waals surface area contributed by atoms with E-state index in [-0.39, 0.29) is 23.6 Å². The van der Waals surface area contributed by atoms with Crippen LogP contribution < -0.4 is 15.4 Å². The van der Waals surface area contributed by atoms with Crippen molar-refractivity contribution in [3.63, 3.8) is 0 Å². The Labute approximate surface area is 157 Å². The predicted molar refractivity (Wildman–Crippen MR) is 102 cm³/mol. The quantitative estimate of drug-likeness (QED) is 0.737. The highest BCUT2D eigenvalue weighted by molar-refractivity contribution is 5.98. The zero-order valence-corrected chi connectivity index (χ0v) is 15.3. The van der Waals surface area contributed by atoms with Gasteiger partial charge in [0, 0.05) is 22.9 Å². The van der Waals surface area contributed by atoms with Crippen LogP contribution in [-0.4, -0.2) is 29.7 Å². The highest BCUT2D eigenvalue weighted by Gasteiger charge is 2.24. The monoisotopic (exact) mass is 366 g/mol. The fraction of sp³-hybridized carbons (Fsp3) is 0.286. The fourth-order valence-electron chi connectivity index (χ4n) is 2.50. The van der Waals surface area contributed by atoms with E-state index in [2.05, 4.69) is 10.6 Å². The van der Waals surface area contributed by atoms with Gasteiger partial charge in [-0.15, -0.1) is 0 Å². The van der Waals surface area contributed by atoms with Crippen LogP contribution in [0.15, 0.2) is 48.5 Å². The molecule has 1 fully saturated rings. The van der Waals surface area contributed by atoms with Crippen molar-refractivity contribution in [3.05, 3.63) is 59.7 Å². The molecule has 0 saturated heterocycles. The van der Waals surface area contributed by atoms with Crippen molar-refractivity contribution in [1.29, 1.82) is 0 Å². The molecular formula is C21H22N2O4. The number of Topliss-reactive ketones (excluding diaryl/α,β-unsaturated/α-hetero) is 1. The summed E-state index contributed by atoms with van der Waals surface area (Å²) in [7, 11) is 0. The summed E-state index contributed by atoms with van der Waals surface area (Å²) in [5.74, 6) is 0.00649. The van der Waals surface area contributed by atoms with Gasteiger partial charge in [-0.3, -0.25) is 14.4 Å². The molecule has 2 amide bonds. The number of anilines is 1. The van der Waals surface area contributed by atoms with Gasteiger partial charge in [0.05, 0.1) is 0 Å². The molecule has 0 heterocycles. The van der Waals surface area contributed by atoms with E-state index in [4.69, 9.17) is 4.74 Å². The third-order valence-electron chi connectivity index (χ3n) is 4.25. The van der Waals surface area contributed by atoms with Gasteiger partial charge in [0.25, 0.3) is 11.8 Å². The molecule has 1 aliphatic carbocycles. The van der Waals surface area contributed by atoms with Gasteiger partial charge in [0.1, 0.15) is 5.75 Å². The van der Waals surface area contributed by atoms with Crippen LogP contribution in [0.3, 0.4) is 0 Å². The lowest BCUT2D eigenvalue weighted by Gasteiger charge is -2.15. The lowest BCUT2D eigenvalue weighted by Crippen LogP contribution is -2.30. The van der Waals surface area contributed by atoms with Gasteiger partial charge in [0.15, 0.2) is 11.9 Å². The molecule has 0 spiro atoms. The van der Waals surface area contributed by atoms with Gasteiger partial charge in [-0.25, -0.2) is 0 Å². The van der Waals surface area contributed by atoms with Crippen LogP contribution in [-0.2, 0) is 4.79 Å². The maximum atomic E-state index is 12.4. The van der Waals surface area contributed by atoms with E-state index in [0.29, 0.717) is 22.6 Å². The van der Waals surface area contributed by atoms with Crippen molar-refractivity contribution in [2.24, 2.45) is 0 Å². The number of benzene rings is 2. The smallest absolute Gasteiger partial charge is 0.265 e. The molecule has 1 atom stereocenters. The zero-order chi connectivity index (χ0) is 19.4. The number of carbonyl (C=O) groups excluding carboxylic acids is 3. The van der Waals surface area contributed by atoms with Gasteiger partial charge in [-0.1, -0.05) is 6.07 Å². The Morgan fingerprint density at radius 3 is 2.37 bits per heavy atom. The lowest BCUT2D eigenvalue weighted by atomic mass is 10.1. The van der Waals surface area contributed by atoms with Crippen molar-refractivity contribution >= 4 is 23.3 Å². The topological polar surface area (TPSA) is 84.5 Å². The lowest BCUT2D eigenvalue weighted by molar-refractivity contribution is -0.122. The van der Waals surface area contributed by atoms with Crippen molar-refractivity contribution in [3.8, 4) is 5.75 Å². The Balaban J connectivity index is 1.58. The molecule has 0 unspecified atom stereocenters. The summed E-state index contributed by atoms with van der Waals surface area (Å²) in [6, 6.07) is 13.7. The van der Waals surface area contributed by atoms with Crippen LogP contribution in [0.1, 0.15) is 47.4 Å². The molecule has 0 bridgehead atoms. The van der Waals surface area contributed by atoms with Crippen molar-refractivity contribution < 1.29 is 19.1 Å². The molecule has 2 N–H and O–H groups in total. The Kier molecular flexibility index (Phi) is 5.54. The largest absolute Gasteiger partial charge is 0.481 e. The molecule has 6 nitrogen and oxygen atoms in total. The molecule has 3 rings (SSSR count). The molecule has 27 heavy (non-hydrogen) atoms. The minimum atomic E-state index is -0.739. The highest BCUT2D eigenvalue weighted by atomic mass is 16.5. The van der Waals surface area contributed by atoms with Crippen LogP contribution >= 0.6 is 0 Å². The first-order valence-electron chi connectivity index (χ1n) is 8.92. The molecule has 1 aliphatic rings. The normalized spacial score (nSPS) is 14.1. The second kappa shape index (κ2) is 8.03. The Bertz CT molecular complexity index is 857. The summed E-state index contributed by atoms with van der Waals surface area (Å²) < 4.78 is 5.62. The van der Waals surface area contributed by atoms with E-state index >= 15 is 0 Å². The second-order valence-corrected chi connectivity index (χ2v) is 6.66. The van der Waals surface area contributed by atoms with Crippen molar-refractivity contribution in [2.45, 2.75) is 38.8 Å². The number of ether oxygens (including phenoxy) is 1. The number of rotatable bonds is 7. The minimum Gasteiger partial charge on any atom is -0.481 e. The van der Waals surface area contributed by atoms with E-state index in [1.165, 1.54) is 6.92 Å².